The molecular formula is C22H24N6O2S. The Labute approximate surface area is 185 Å². The van der Waals surface area contributed by atoms with E-state index >= 15 is 0 Å². The zero-order chi connectivity index (χ0) is 22.3. The monoisotopic (exact) mass is 436 g/mol. The fourth-order valence-electron chi connectivity index (χ4n) is 3.61. The molecular weight excluding hydrogens is 412 g/mol. The van der Waals surface area contributed by atoms with Crippen molar-refractivity contribution in [3.63, 3.8) is 0 Å². The van der Waals surface area contributed by atoms with E-state index in [2.05, 4.69) is 20.8 Å². The zero-order valence-corrected chi connectivity index (χ0v) is 18.9. The second-order valence-corrected chi connectivity index (χ2v) is 9.36. The fourth-order valence-corrected chi connectivity index (χ4v) is 4.45. The fraction of sp³-hybridized carbons (Fsp3) is 0.318. The molecule has 2 aromatic carbocycles. The average Bonchev–Trinajstić information content (AvgIpc) is 3.18. The number of hydrogen-bond acceptors (Lipinski definition) is 6. The van der Waals surface area contributed by atoms with E-state index in [1.54, 1.807) is 36.4 Å². The van der Waals surface area contributed by atoms with Crippen LogP contribution in [-0.4, -0.2) is 42.8 Å². The third kappa shape index (κ3) is 3.59. The molecule has 0 saturated heterocycles. The van der Waals surface area contributed by atoms with Gasteiger partial charge in [-0.05, 0) is 74.4 Å². The number of amides is 2. The van der Waals surface area contributed by atoms with Gasteiger partial charge >= 0.3 is 0 Å². The molecule has 0 bridgehead atoms. The number of fused-ring (bicyclic) bond motifs is 1. The lowest BCUT2D eigenvalue weighted by Crippen LogP contribution is -2.60. The largest absolute Gasteiger partial charge is 0.322 e. The molecule has 0 aliphatic carbocycles. The van der Waals surface area contributed by atoms with Crippen LogP contribution in [-0.2, 0) is 9.59 Å². The van der Waals surface area contributed by atoms with Gasteiger partial charge in [-0.25, -0.2) is 0 Å². The van der Waals surface area contributed by atoms with Gasteiger partial charge in [0, 0.05) is 0 Å². The van der Waals surface area contributed by atoms with Crippen molar-refractivity contribution in [2.45, 2.75) is 50.6 Å². The van der Waals surface area contributed by atoms with Crippen LogP contribution in [0.3, 0.4) is 0 Å². The minimum atomic E-state index is -1.03. The topological polar surface area (TPSA) is 93.0 Å². The maximum absolute atomic E-state index is 13.6. The molecule has 0 saturated carbocycles. The van der Waals surface area contributed by atoms with Crippen molar-refractivity contribution in [3.05, 3.63) is 53.6 Å². The molecule has 1 aliphatic heterocycles. The highest BCUT2D eigenvalue weighted by atomic mass is 32.2. The summed E-state index contributed by atoms with van der Waals surface area (Å²) < 4.78 is 1.65. The third-order valence-electron chi connectivity index (χ3n) is 5.60. The number of nitrogens with one attached hydrogen (secondary N) is 1. The van der Waals surface area contributed by atoms with Crippen molar-refractivity contribution in [2.75, 3.05) is 10.2 Å². The second kappa shape index (κ2) is 7.81. The van der Waals surface area contributed by atoms with E-state index in [0.29, 0.717) is 16.5 Å². The van der Waals surface area contributed by atoms with Gasteiger partial charge in [0.05, 0.1) is 22.3 Å². The van der Waals surface area contributed by atoms with Gasteiger partial charge in [0.15, 0.2) is 0 Å². The third-order valence-corrected chi connectivity index (χ3v) is 6.62. The number of para-hydroxylation sites is 2. The van der Waals surface area contributed by atoms with Crippen LogP contribution in [0.5, 0.6) is 0 Å². The van der Waals surface area contributed by atoms with Crippen molar-refractivity contribution < 1.29 is 9.59 Å². The lowest BCUT2D eigenvalue weighted by molar-refractivity contribution is -0.126. The van der Waals surface area contributed by atoms with Crippen LogP contribution in [0.4, 0.5) is 11.4 Å². The summed E-state index contributed by atoms with van der Waals surface area (Å²) in [6, 6.07) is 13.2. The summed E-state index contributed by atoms with van der Waals surface area (Å²) >= 11 is 1.27. The summed E-state index contributed by atoms with van der Waals surface area (Å²) in [5.74, 6) is -0.412. The molecule has 9 heteroatoms. The van der Waals surface area contributed by atoms with Gasteiger partial charge < -0.3 is 5.32 Å². The molecule has 1 N–H and O–H groups in total. The predicted molar refractivity (Wildman–Crippen MR) is 121 cm³/mol. The van der Waals surface area contributed by atoms with Crippen LogP contribution in [0.1, 0.15) is 31.9 Å². The smallest absolute Gasteiger partial charge is 0.250 e. The number of aromatic nitrogens is 4. The standard InChI is InChI=1S/C22H24N6O2S/c1-13-9-8-12-17(14(13)2)28-21(24-25-26-28)31-15(3)19(29)27-18-11-7-6-10-16(18)23-20(30)22(27,4)5/h6-12,15H,1-5H3,(H,23,30). The first-order valence-corrected chi connectivity index (χ1v) is 10.9. The van der Waals surface area contributed by atoms with E-state index in [-0.39, 0.29) is 11.8 Å². The maximum atomic E-state index is 13.6. The zero-order valence-electron chi connectivity index (χ0n) is 18.1. The van der Waals surface area contributed by atoms with Crippen LogP contribution in [0.2, 0.25) is 0 Å². The quantitative estimate of drug-likeness (QED) is 0.629. The van der Waals surface area contributed by atoms with Crippen molar-refractivity contribution in [1.82, 2.24) is 20.2 Å². The van der Waals surface area contributed by atoms with Crippen molar-refractivity contribution in [2.24, 2.45) is 0 Å². The molecule has 4 rings (SSSR count). The highest BCUT2D eigenvalue weighted by Gasteiger charge is 2.45. The number of hydrogen-bond donors (Lipinski definition) is 1. The van der Waals surface area contributed by atoms with E-state index in [1.807, 2.05) is 50.2 Å². The molecule has 2 heterocycles. The summed E-state index contributed by atoms with van der Waals surface area (Å²) in [4.78, 5) is 27.8. The molecule has 1 unspecified atom stereocenters. The SMILES string of the molecule is Cc1cccc(-n2nnnc2SC(C)C(=O)N2c3ccccc3NC(=O)C2(C)C)c1C. The number of tetrazole rings is 1. The molecule has 1 atom stereocenters. The van der Waals surface area contributed by atoms with Crippen LogP contribution in [0.25, 0.3) is 5.69 Å². The minimum Gasteiger partial charge on any atom is -0.322 e. The Morgan fingerprint density at radius 2 is 1.81 bits per heavy atom. The first kappa shape index (κ1) is 21.0. The number of aryl methyl sites for hydroxylation is 1. The Morgan fingerprint density at radius 1 is 1.10 bits per heavy atom. The Kier molecular flexibility index (Phi) is 5.30. The lowest BCUT2D eigenvalue weighted by atomic mass is 9.96. The highest BCUT2D eigenvalue weighted by molar-refractivity contribution is 8.00. The van der Waals surface area contributed by atoms with Crippen LogP contribution >= 0.6 is 11.8 Å². The van der Waals surface area contributed by atoms with Gasteiger partial charge in [0.25, 0.3) is 0 Å². The summed E-state index contributed by atoms with van der Waals surface area (Å²) in [5.41, 5.74) is 3.34. The van der Waals surface area contributed by atoms with Crippen LogP contribution < -0.4 is 10.2 Å². The van der Waals surface area contributed by atoms with Gasteiger partial charge in [-0.15, -0.1) is 5.10 Å². The summed E-state index contributed by atoms with van der Waals surface area (Å²) in [5, 5.41) is 15.0. The van der Waals surface area contributed by atoms with E-state index in [4.69, 9.17) is 0 Å². The van der Waals surface area contributed by atoms with Gasteiger partial charge in [0.1, 0.15) is 5.54 Å². The molecule has 31 heavy (non-hydrogen) atoms. The van der Waals surface area contributed by atoms with Crippen LogP contribution in [0, 0.1) is 13.8 Å². The van der Waals surface area contributed by atoms with Gasteiger partial charge in [-0.3, -0.25) is 14.5 Å². The molecule has 2 amide bonds. The molecule has 0 fully saturated rings. The average molecular weight is 437 g/mol. The number of carbonyl (C=O) groups excluding carboxylic acids is 2. The Hall–Kier alpha value is -3.20. The van der Waals surface area contributed by atoms with Crippen molar-refractivity contribution in [3.8, 4) is 5.69 Å². The lowest BCUT2D eigenvalue weighted by Gasteiger charge is -2.43. The molecule has 0 radical (unpaired) electrons. The van der Waals surface area contributed by atoms with Gasteiger partial charge in [0.2, 0.25) is 17.0 Å². The molecule has 8 nitrogen and oxygen atoms in total. The van der Waals surface area contributed by atoms with E-state index < -0.39 is 10.8 Å². The van der Waals surface area contributed by atoms with E-state index in [9.17, 15) is 9.59 Å². The number of thioether (sulfide) groups is 1. The Bertz CT molecular complexity index is 1170. The summed E-state index contributed by atoms with van der Waals surface area (Å²) in [7, 11) is 0. The first-order chi connectivity index (χ1) is 14.7. The minimum absolute atomic E-state index is 0.187. The van der Waals surface area contributed by atoms with Gasteiger partial charge in [-0.2, -0.15) is 4.68 Å². The van der Waals surface area contributed by atoms with Crippen molar-refractivity contribution >= 4 is 35.0 Å². The number of benzene rings is 2. The first-order valence-electron chi connectivity index (χ1n) is 9.98. The Balaban J connectivity index is 1.66. The molecule has 1 aliphatic rings. The molecule has 1 aromatic heterocycles. The van der Waals surface area contributed by atoms with Crippen molar-refractivity contribution in [1.29, 1.82) is 0 Å². The second-order valence-electron chi connectivity index (χ2n) is 8.06. The highest BCUT2D eigenvalue weighted by Crippen LogP contribution is 2.38. The molecule has 160 valence electrons. The van der Waals surface area contributed by atoms with E-state index in [1.165, 1.54) is 11.8 Å². The maximum Gasteiger partial charge on any atom is 0.250 e. The normalized spacial score (nSPS) is 15.9. The Morgan fingerprint density at radius 3 is 2.58 bits per heavy atom. The number of rotatable bonds is 4. The van der Waals surface area contributed by atoms with Gasteiger partial charge in [-0.1, -0.05) is 36.0 Å². The summed E-state index contributed by atoms with van der Waals surface area (Å²) in [6.45, 7) is 9.34. The van der Waals surface area contributed by atoms with E-state index in [0.717, 1.165) is 16.8 Å². The number of carbonyl (C=O) groups is 2. The number of nitrogens with zero attached hydrogens (tertiary/aromatic N) is 5. The number of anilines is 2. The van der Waals surface area contributed by atoms with Crippen LogP contribution in [0.15, 0.2) is 47.6 Å². The summed E-state index contributed by atoms with van der Waals surface area (Å²) in [6.07, 6.45) is 0. The molecule has 0 spiro atoms. The molecule has 3 aromatic rings. The predicted octanol–water partition coefficient (Wildman–Crippen LogP) is 3.52.